The van der Waals surface area contributed by atoms with Crippen molar-refractivity contribution >= 4 is 22.7 Å². The number of hydrogen-bond acceptors (Lipinski definition) is 6. The number of aromatic nitrogens is 5. The van der Waals surface area contributed by atoms with Crippen LogP contribution in [0.15, 0.2) is 42.7 Å². The molecular weight excluding hydrogens is 384 g/mol. The van der Waals surface area contributed by atoms with Crippen molar-refractivity contribution < 1.29 is 9.63 Å². The predicted octanol–water partition coefficient (Wildman–Crippen LogP) is 1.71. The van der Waals surface area contributed by atoms with Gasteiger partial charge in [0.2, 0.25) is 0 Å². The second-order valence-corrected chi connectivity index (χ2v) is 6.86. The lowest BCUT2D eigenvalue weighted by Gasteiger charge is -2.01. The number of hydroxylamine groups is 1. The smallest absolute Gasteiger partial charge is 0.272 e. The van der Waals surface area contributed by atoms with Crippen molar-refractivity contribution in [3.05, 3.63) is 59.7 Å². The van der Waals surface area contributed by atoms with E-state index in [4.69, 9.17) is 10.2 Å². The molecule has 0 radical (unpaired) electrons. The molecule has 10 heteroatoms. The third kappa shape index (κ3) is 3.80. The van der Waals surface area contributed by atoms with Crippen LogP contribution in [0.25, 0.3) is 22.2 Å². The lowest BCUT2D eigenvalue weighted by Crippen LogP contribution is -2.23. The van der Waals surface area contributed by atoms with Crippen LogP contribution in [0.1, 0.15) is 21.7 Å². The summed E-state index contributed by atoms with van der Waals surface area (Å²) >= 11 is 0. The summed E-state index contributed by atoms with van der Waals surface area (Å²) in [5.41, 5.74) is 6.93. The topological polar surface area (TPSA) is 126 Å². The van der Waals surface area contributed by atoms with Crippen molar-refractivity contribution in [1.82, 2.24) is 35.3 Å². The van der Waals surface area contributed by atoms with Gasteiger partial charge in [0, 0.05) is 55.9 Å². The first kappa shape index (κ1) is 19.4. The van der Waals surface area contributed by atoms with Crippen molar-refractivity contribution in [2.75, 3.05) is 7.05 Å². The predicted molar refractivity (Wildman–Crippen MR) is 112 cm³/mol. The van der Waals surface area contributed by atoms with Crippen LogP contribution in [0.2, 0.25) is 0 Å². The molecule has 0 saturated carbocycles. The molecule has 3 heterocycles. The Hall–Kier alpha value is -3.92. The fourth-order valence-electron chi connectivity index (χ4n) is 3.26. The first-order valence-corrected chi connectivity index (χ1v) is 9.30. The lowest BCUT2D eigenvalue weighted by atomic mass is 10.1. The number of H-pyrrole nitrogens is 1. The third-order valence-corrected chi connectivity index (χ3v) is 4.69. The zero-order valence-electron chi connectivity index (χ0n) is 16.9. The molecular formula is C20H22N8O2. The van der Waals surface area contributed by atoms with Gasteiger partial charge in [-0.3, -0.25) is 19.6 Å². The van der Waals surface area contributed by atoms with Crippen molar-refractivity contribution in [3.63, 3.8) is 0 Å². The fraction of sp³-hybridized carbons (Fsp3) is 0.200. The summed E-state index contributed by atoms with van der Waals surface area (Å²) in [5, 5.41) is 20.1. The number of carbonyl (C=O) groups excluding carboxylic acids is 1. The highest BCUT2D eigenvalue weighted by atomic mass is 16.6. The highest BCUT2D eigenvalue weighted by Crippen LogP contribution is 2.25. The van der Waals surface area contributed by atoms with Gasteiger partial charge in [-0.1, -0.05) is 6.07 Å². The molecule has 4 rings (SSSR count). The lowest BCUT2D eigenvalue weighted by molar-refractivity contribution is 0.0945. The van der Waals surface area contributed by atoms with Gasteiger partial charge in [-0.05, 0) is 24.3 Å². The quantitative estimate of drug-likeness (QED) is 0.220. The molecule has 3 aromatic heterocycles. The van der Waals surface area contributed by atoms with Crippen LogP contribution >= 0.6 is 0 Å². The van der Waals surface area contributed by atoms with Gasteiger partial charge in [0.15, 0.2) is 5.69 Å². The van der Waals surface area contributed by atoms with Crippen LogP contribution in [0.3, 0.4) is 0 Å². The Kier molecular flexibility index (Phi) is 5.07. The number of nitrogens with zero attached hydrogens (tertiary/aromatic N) is 4. The Bertz CT molecular complexity index is 1230. The van der Waals surface area contributed by atoms with E-state index in [1.54, 1.807) is 35.7 Å². The fourth-order valence-corrected chi connectivity index (χ4v) is 3.26. The maximum absolute atomic E-state index is 12.5. The maximum Gasteiger partial charge on any atom is 0.272 e. The number of aromatic amines is 1. The number of nitrogens with one attached hydrogen (secondary N) is 4. The van der Waals surface area contributed by atoms with E-state index in [1.165, 1.54) is 0 Å². The molecule has 0 saturated heterocycles. The number of amides is 1. The molecule has 4 aromatic rings. The molecule has 0 atom stereocenters. The van der Waals surface area contributed by atoms with Crippen LogP contribution < -0.4 is 10.8 Å². The summed E-state index contributed by atoms with van der Waals surface area (Å²) in [5.74, 6) is -0.244. The second kappa shape index (κ2) is 7.84. The number of aryl methyl sites for hydroxylation is 2. The molecule has 30 heavy (non-hydrogen) atoms. The van der Waals surface area contributed by atoms with Crippen LogP contribution in [0.5, 0.6) is 0 Å². The van der Waals surface area contributed by atoms with Gasteiger partial charge in [0.1, 0.15) is 5.69 Å². The summed E-state index contributed by atoms with van der Waals surface area (Å²) in [6.45, 7) is 0.386. The highest BCUT2D eigenvalue weighted by molar-refractivity contribution is 5.97. The van der Waals surface area contributed by atoms with Gasteiger partial charge >= 0.3 is 0 Å². The first-order valence-electron chi connectivity index (χ1n) is 9.30. The van der Waals surface area contributed by atoms with Crippen LogP contribution in [-0.2, 0) is 25.5 Å². The largest absolute Gasteiger partial charge is 0.387 e. The molecule has 0 fully saturated rings. The van der Waals surface area contributed by atoms with Crippen molar-refractivity contribution in [2.24, 2.45) is 14.1 Å². The molecule has 0 spiro atoms. The number of hydrogen-bond donors (Lipinski definition) is 4. The second-order valence-electron chi connectivity index (χ2n) is 6.86. The van der Waals surface area contributed by atoms with Crippen LogP contribution in [0, 0.1) is 5.41 Å². The van der Waals surface area contributed by atoms with Gasteiger partial charge in [-0.25, -0.2) is 0 Å². The van der Waals surface area contributed by atoms with Crippen molar-refractivity contribution in [2.45, 2.75) is 6.54 Å². The molecule has 10 nitrogen and oxygen atoms in total. The Morgan fingerprint density at radius 3 is 2.83 bits per heavy atom. The molecule has 0 aliphatic heterocycles. The highest BCUT2D eigenvalue weighted by Gasteiger charge is 2.15. The summed E-state index contributed by atoms with van der Waals surface area (Å²) in [4.78, 5) is 20.7. The zero-order chi connectivity index (χ0) is 21.3. The number of carbonyl (C=O) groups is 1. The Balaban J connectivity index is 1.55. The van der Waals surface area contributed by atoms with E-state index in [0.29, 0.717) is 17.9 Å². The van der Waals surface area contributed by atoms with Gasteiger partial charge in [-0.15, -0.1) is 0 Å². The summed E-state index contributed by atoms with van der Waals surface area (Å²) in [6, 6.07) is 9.46. The molecule has 0 aliphatic carbocycles. The normalized spacial score (nSPS) is 11.0. The minimum Gasteiger partial charge on any atom is -0.387 e. The van der Waals surface area contributed by atoms with Gasteiger partial charge < -0.3 is 15.1 Å². The summed E-state index contributed by atoms with van der Waals surface area (Å²) in [7, 11) is 5.23. The van der Waals surface area contributed by atoms with E-state index >= 15 is 0 Å². The van der Waals surface area contributed by atoms with Crippen LogP contribution in [0.4, 0.5) is 0 Å². The standard InChI is InChI=1S/C20H22N8O2/c1-22-30-19(21)16-7-14-6-13(4-5-15(14)25-16)18-8-17(26-28(18)3)20(29)23-9-12-10-24-27(2)11-12/h4-8,10-11,21-22,25H,9H2,1-3H3,(H,23,29). The third-order valence-electron chi connectivity index (χ3n) is 4.69. The van der Waals surface area contributed by atoms with Gasteiger partial charge in [0.05, 0.1) is 11.9 Å². The minimum atomic E-state index is -0.247. The Labute approximate surface area is 172 Å². The Morgan fingerprint density at radius 1 is 1.27 bits per heavy atom. The summed E-state index contributed by atoms with van der Waals surface area (Å²) < 4.78 is 3.37. The Morgan fingerprint density at radius 2 is 2.10 bits per heavy atom. The minimum absolute atomic E-state index is 0.00311. The monoisotopic (exact) mass is 406 g/mol. The van der Waals surface area contributed by atoms with E-state index < -0.39 is 0 Å². The summed E-state index contributed by atoms with van der Waals surface area (Å²) in [6.07, 6.45) is 3.57. The first-order chi connectivity index (χ1) is 14.4. The van der Waals surface area contributed by atoms with E-state index in [0.717, 1.165) is 27.7 Å². The van der Waals surface area contributed by atoms with E-state index in [2.05, 4.69) is 26.0 Å². The number of rotatable bonds is 6. The van der Waals surface area contributed by atoms with E-state index in [1.807, 2.05) is 37.5 Å². The van der Waals surface area contributed by atoms with E-state index in [-0.39, 0.29) is 11.8 Å². The maximum atomic E-state index is 12.5. The van der Waals surface area contributed by atoms with E-state index in [9.17, 15) is 4.79 Å². The van der Waals surface area contributed by atoms with Gasteiger partial charge in [0.25, 0.3) is 11.8 Å². The van der Waals surface area contributed by atoms with Gasteiger partial charge in [-0.2, -0.15) is 15.7 Å². The molecule has 0 aliphatic rings. The zero-order valence-corrected chi connectivity index (χ0v) is 16.9. The molecule has 4 N–H and O–H groups in total. The van der Waals surface area contributed by atoms with Crippen LogP contribution in [-0.4, -0.2) is 43.4 Å². The molecule has 0 bridgehead atoms. The van der Waals surface area contributed by atoms with Crippen molar-refractivity contribution in [1.29, 1.82) is 5.41 Å². The average molecular weight is 406 g/mol. The number of fused-ring (bicyclic) bond motifs is 1. The molecule has 0 unspecified atom stereocenters. The number of benzene rings is 1. The average Bonchev–Trinajstić information content (AvgIpc) is 3.43. The SMILES string of the molecule is CNOC(=N)c1cc2cc(-c3cc(C(=O)NCc4cnn(C)c4)nn3C)ccc2[nH]1. The molecule has 1 amide bonds. The van der Waals surface area contributed by atoms with Crippen molar-refractivity contribution in [3.8, 4) is 11.3 Å². The molecule has 154 valence electrons. The molecule has 1 aromatic carbocycles.